The van der Waals surface area contributed by atoms with Gasteiger partial charge in [0.1, 0.15) is 17.7 Å². The van der Waals surface area contributed by atoms with Crippen LogP contribution in [0.1, 0.15) is 6.92 Å². The molecule has 5 rings (SSSR count). The zero-order valence-electron chi connectivity index (χ0n) is 17.1. The van der Waals surface area contributed by atoms with Gasteiger partial charge in [-0.05, 0) is 25.1 Å². The van der Waals surface area contributed by atoms with Crippen LogP contribution in [0.2, 0.25) is 5.02 Å². The number of nitrogens with zero attached hydrogens (tertiary/aromatic N) is 5. The van der Waals surface area contributed by atoms with E-state index in [1.807, 2.05) is 41.1 Å². The smallest absolute Gasteiger partial charge is 0.265 e. The molecule has 0 aliphatic carbocycles. The quantitative estimate of drug-likeness (QED) is 0.303. The molecule has 31 heavy (non-hydrogen) atoms. The van der Waals surface area contributed by atoms with Gasteiger partial charge in [0.2, 0.25) is 0 Å². The van der Waals surface area contributed by atoms with Crippen LogP contribution in [0.3, 0.4) is 0 Å². The fourth-order valence-electron chi connectivity index (χ4n) is 4.22. The molecule has 0 aliphatic heterocycles. The van der Waals surface area contributed by atoms with Crippen molar-refractivity contribution in [3.63, 3.8) is 0 Å². The Morgan fingerprint density at radius 3 is 2.16 bits per heavy atom. The van der Waals surface area contributed by atoms with Crippen LogP contribution in [0.5, 0.6) is 0 Å². The third-order valence-electron chi connectivity index (χ3n) is 5.70. The van der Waals surface area contributed by atoms with E-state index in [0.717, 1.165) is 40.3 Å². The van der Waals surface area contributed by atoms with Crippen LogP contribution in [0, 0.1) is 0 Å². The minimum Gasteiger partial charge on any atom is -0.288 e. The van der Waals surface area contributed by atoms with E-state index in [1.54, 1.807) is 12.5 Å². The molecule has 0 fully saturated rings. The van der Waals surface area contributed by atoms with Gasteiger partial charge in [-0.1, -0.05) is 53.1 Å². The Hall–Kier alpha value is -3.54. The predicted molar refractivity (Wildman–Crippen MR) is 126 cm³/mol. The number of para-hydroxylation sites is 1. The largest absolute Gasteiger partial charge is 0.288 e. The molecule has 0 N–H and O–H groups in total. The normalized spacial score (nSPS) is 13.2. The van der Waals surface area contributed by atoms with E-state index in [1.165, 1.54) is 0 Å². The molecule has 2 aromatic heterocycles. The summed E-state index contributed by atoms with van der Waals surface area (Å²) in [4.78, 5) is 4.17. The van der Waals surface area contributed by atoms with Crippen LogP contribution in [-0.4, -0.2) is 26.3 Å². The Morgan fingerprint density at radius 2 is 1.48 bits per heavy atom. The van der Waals surface area contributed by atoms with Gasteiger partial charge in [0.25, 0.3) is 5.82 Å². The van der Waals surface area contributed by atoms with Gasteiger partial charge in [-0.15, -0.1) is 5.10 Å². The van der Waals surface area contributed by atoms with E-state index < -0.39 is 0 Å². The van der Waals surface area contributed by atoms with E-state index in [2.05, 4.69) is 65.5 Å². The first-order chi connectivity index (χ1) is 15.2. The van der Waals surface area contributed by atoms with Crippen LogP contribution >= 0.6 is 11.6 Å². The molecule has 1 atom stereocenters. The highest BCUT2D eigenvalue weighted by Gasteiger charge is 2.38. The molecule has 5 aromatic rings. The zero-order valence-corrected chi connectivity index (χ0v) is 17.8. The van der Waals surface area contributed by atoms with Crippen molar-refractivity contribution in [3.8, 4) is 5.82 Å². The first-order valence-corrected chi connectivity index (χ1v) is 10.6. The van der Waals surface area contributed by atoms with Gasteiger partial charge >= 0.3 is 0 Å². The lowest BCUT2D eigenvalue weighted by Crippen LogP contribution is -2.39. The second-order valence-corrected chi connectivity index (χ2v) is 7.74. The van der Waals surface area contributed by atoms with Crippen molar-refractivity contribution in [2.75, 3.05) is 6.54 Å². The number of hydrogen-bond acceptors (Lipinski definition) is 3. The SMILES string of the molecule is CC[N+](c1ccccc1)(c1ccc(Cl)cc1)c1nnc(-n2ccnc2)c2ccccc12. The lowest BCUT2D eigenvalue weighted by molar-refractivity contribution is 0.529. The van der Waals surface area contributed by atoms with E-state index in [4.69, 9.17) is 16.7 Å². The van der Waals surface area contributed by atoms with E-state index in [-0.39, 0.29) is 0 Å². The number of aromatic nitrogens is 4. The fourth-order valence-corrected chi connectivity index (χ4v) is 4.35. The maximum absolute atomic E-state index is 6.23. The minimum atomic E-state index is 0.426. The number of hydrogen-bond donors (Lipinski definition) is 0. The van der Waals surface area contributed by atoms with Gasteiger partial charge in [-0.25, -0.2) is 9.47 Å². The summed E-state index contributed by atoms with van der Waals surface area (Å²) in [7, 11) is 0. The lowest BCUT2D eigenvalue weighted by Gasteiger charge is -2.35. The third-order valence-corrected chi connectivity index (χ3v) is 5.95. The van der Waals surface area contributed by atoms with E-state index >= 15 is 0 Å². The second-order valence-electron chi connectivity index (χ2n) is 7.30. The molecule has 0 saturated heterocycles. The Balaban J connectivity index is 1.86. The summed E-state index contributed by atoms with van der Waals surface area (Å²) < 4.78 is 2.32. The molecule has 0 spiro atoms. The van der Waals surface area contributed by atoms with Crippen LogP contribution in [0.15, 0.2) is 97.6 Å². The second kappa shape index (κ2) is 7.95. The number of quaternary nitrogens is 1. The topological polar surface area (TPSA) is 43.6 Å². The van der Waals surface area contributed by atoms with Crippen LogP contribution in [0.25, 0.3) is 16.6 Å². The minimum absolute atomic E-state index is 0.426. The summed E-state index contributed by atoms with van der Waals surface area (Å²) in [6.45, 7) is 2.93. The highest BCUT2D eigenvalue weighted by atomic mass is 35.5. The van der Waals surface area contributed by atoms with Crippen LogP contribution in [0.4, 0.5) is 17.2 Å². The molecule has 0 radical (unpaired) electrons. The number of imidazole rings is 1. The Bertz CT molecular complexity index is 1320. The van der Waals surface area contributed by atoms with Crippen molar-refractivity contribution < 1.29 is 0 Å². The van der Waals surface area contributed by atoms with Gasteiger partial charge in [0, 0.05) is 47.1 Å². The number of rotatable bonds is 5. The average Bonchev–Trinajstić information content (AvgIpc) is 3.36. The summed E-state index contributed by atoms with van der Waals surface area (Å²) >= 11 is 6.23. The van der Waals surface area contributed by atoms with Crippen molar-refractivity contribution in [1.82, 2.24) is 24.2 Å². The molecular weight excluding hydrogens is 406 g/mol. The Labute approximate surface area is 185 Å². The summed E-state index contributed by atoms with van der Waals surface area (Å²) in [5, 5.41) is 12.3. The molecule has 0 bridgehead atoms. The summed E-state index contributed by atoms with van der Waals surface area (Å²) in [5.41, 5.74) is 2.19. The molecule has 2 heterocycles. The number of benzene rings is 3. The third kappa shape index (κ3) is 3.19. The standard InChI is InChI=1S/C25H21ClN5/c1-2-31(20-8-4-3-5-9-20,21-14-12-19(26)13-15-21)25-23-11-7-6-10-22(23)24(28-29-25)30-17-16-27-18-30/h3-18H,2H2,1H3/q+1. The van der Waals surface area contributed by atoms with Gasteiger partial charge in [0.15, 0.2) is 5.82 Å². The van der Waals surface area contributed by atoms with Crippen LogP contribution < -0.4 is 4.48 Å². The molecule has 1 unspecified atom stereocenters. The van der Waals surface area contributed by atoms with Crippen molar-refractivity contribution in [3.05, 3.63) is 103 Å². The van der Waals surface area contributed by atoms with E-state index in [0.29, 0.717) is 9.51 Å². The molecule has 152 valence electrons. The molecular formula is C25H21ClN5+. The van der Waals surface area contributed by atoms with Crippen molar-refractivity contribution in [1.29, 1.82) is 0 Å². The highest BCUT2D eigenvalue weighted by molar-refractivity contribution is 6.30. The Kier molecular flexibility index (Phi) is 4.98. The van der Waals surface area contributed by atoms with Crippen molar-refractivity contribution in [2.45, 2.75) is 6.92 Å². The molecule has 6 heteroatoms. The van der Waals surface area contributed by atoms with Gasteiger partial charge in [-0.2, -0.15) is 0 Å². The maximum atomic E-state index is 6.23. The molecule has 0 aliphatic rings. The van der Waals surface area contributed by atoms with Crippen LogP contribution in [-0.2, 0) is 0 Å². The Morgan fingerprint density at radius 1 is 0.806 bits per heavy atom. The highest BCUT2D eigenvalue weighted by Crippen LogP contribution is 2.45. The van der Waals surface area contributed by atoms with Gasteiger partial charge in [0.05, 0.1) is 11.9 Å². The lowest BCUT2D eigenvalue weighted by atomic mass is 10.1. The molecule has 0 saturated carbocycles. The van der Waals surface area contributed by atoms with Gasteiger partial charge < -0.3 is 0 Å². The average molecular weight is 427 g/mol. The monoisotopic (exact) mass is 426 g/mol. The molecule has 0 amide bonds. The van der Waals surface area contributed by atoms with Crippen molar-refractivity contribution >= 4 is 39.6 Å². The first-order valence-electron chi connectivity index (χ1n) is 10.2. The van der Waals surface area contributed by atoms with Gasteiger partial charge in [-0.3, -0.25) is 4.57 Å². The van der Waals surface area contributed by atoms with E-state index in [9.17, 15) is 0 Å². The summed E-state index contributed by atoms with van der Waals surface area (Å²) in [6, 6.07) is 26.7. The maximum Gasteiger partial charge on any atom is 0.265 e. The molecule has 5 nitrogen and oxygen atoms in total. The molecule has 3 aromatic carbocycles. The predicted octanol–water partition coefficient (Wildman–Crippen LogP) is 6.46. The zero-order chi connectivity index (χ0) is 21.3. The summed E-state index contributed by atoms with van der Waals surface area (Å²) in [6.07, 6.45) is 5.37. The summed E-state index contributed by atoms with van der Waals surface area (Å²) in [5.74, 6) is 1.63. The van der Waals surface area contributed by atoms with Crippen molar-refractivity contribution in [2.24, 2.45) is 0 Å². The number of fused-ring (bicyclic) bond motifs is 1. The first kappa shape index (κ1) is 19.4. The number of halogens is 1. The fraction of sp³-hybridized carbons (Fsp3) is 0.0800.